The van der Waals surface area contributed by atoms with Gasteiger partial charge in [-0.15, -0.1) is 0 Å². The maximum atomic E-state index is 11.4. The molecule has 19 heavy (non-hydrogen) atoms. The molecular weight excluding hydrogens is 240 g/mol. The third-order valence-corrected chi connectivity index (χ3v) is 2.59. The van der Waals surface area contributed by atoms with Gasteiger partial charge in [0.25, 0.3) is 0 Å². The zero-order valence-electron chi connectivity index (χ0n) is 10.8. The second-order valence-electron chi connectivity index (χ2n) is 4.26. The summed E-state index contributed by atoms with van der Waals surface area (Å²) in [6.45, 7) is 3.76. The summed E-state index contributed by atoms with van der Waals surface area (Å²) >= 11 is 0. The molecule has 96 valence electrons. The zero-order valence-corrected chi connectivity index (χ0v) is 10.8. The van der Waals surface area contributed by atoms with Gasteiger partial charge in [-0.25, -0.2) is 4.79 Å². The summed E-state index contributed by atoms with van der Waals surface area (Å²) < 4.78 is 0. The highest BCUT2D eigenvalue weighted by atomic mass is 16.4. The van der Waals surface area contributed by atoms with Crippen molar-refractivity contribution >= 4 is 17.6 Å². The van der Waals surface area contributed by atoms with E-state index in [0.717, 1.165) is 17.0 Å². The Labute approximate surface area is 111 Å². The highest BCUT2D eigenvalue weighted by molar-refractivity contribution is 6.20. The van der Waals surface area contributed by atoms with E-state index in [9.17, 15) is 9.90 Å². The van der Waals surface area contributed by atoms with E-state index in [1.807, 2.05) is 26.0 Å². The number of pyridine rings is 2. The highest BCUT2D eigenvalue weighted by Gasteiger charge is 2.11. The van der Waals surface area contributed by atoms with Crippen LogP contribution in [0.3, 0.4) is 0 Å². The molecule has 1 N–H and O–H groups in total. The molecule has 2 aromatic rings. The van der Waals surface area contributed by atoms with E-state index < -0.39 is 5.97 Å². The lowest BCUT2D eigenvalue weighted by Crippen LogP contribution is -2.01. The van der Waals surface area contributed by atoms with Crippen molar-refractivity contribution in [3.05, 3.63) is 59.2 Å². The molecular formula is C15H14N2O2. The van der Waals surface area contributed by atoms with Gasteiger partial charge in [0.05, 0.1) is 11.3 Å². The number of carboxylic acids is 1. The lowest BCUT2D eigenvalue weighted by Gasteiger charge is -2.03. The van der Waals surface area contributed by atoms with Crippen molar-refractivity contribution in [2.75, 3.05) is 0 Å². The molecule has 2 aromatic heterocycles. The van der Waals surface area contributed by atoms with Crippen LogP contribution in [0.15, 0.2) is 36.5 Å². The summed E-state index contributed by atoms with van der Waals surface area (Å²) in [4.78, 5) is 19.7. The Bertz CT molecular complexity index is 614. The van der Waals surface area contributed by atoms with Gasteiger partial charge in [-0.05, 0) is 49.8 Å². The molecule has 0 saturated heterocycles. The minimum Gasteiger partial charge on any atom is -0.478 e. The van der Waals surface area contributed by atoms with E-state index in [-0.39, 0.29) is 5.57 Å². The summed E-state index contributed by atoms with van der Waals surface area (Å²) in [5.74, 6) is -0.995. The summed E-state index contributed by atoms with van der Waals surface area (Å²) in [5.41, 5.74) is 3.15. The molecule has 0 atom stereocenters. The SMILES string of the molecule is Cc1cc(/C=C(/C(=O)O)c2ccccn2)cc(C)n1. The lowest BCUT2D eigenvalue weighted by molar-refractivity contribution is -0.130. The van der Waals surface area contributed by atoms with Crippen LogP contribution in [-0.2, 0) is 4.79 Å². The van der Waals surface area contributed by atoms with Crippen molar-refractivity contribution in [3.8, 4) is 0 Å². The van der Waals surface area contributed by atoms with Crippen molar-refractivity contribution in [1.82, 2.24) is 9.97 Å². The molecule has 0 radical (unpaired) electrons. The average molecular weight is 254 g/mol. The number of nitrogens with zero attached hydrogens (tertiary/aromatic N) is 2. The maximum Gasteiger partial charge on any atom is 0.337 e. The standard InChI is InChI=1S/C15H14N2O2/c1-10-7-12(8-11(2)17-10)9-13(15(18)19)14-5-3-4-6-16-14/h3-9H,1-2H3,(H,18,19)/b13-9+. The zero-order chi connectivity index (χ0) is 13.8. The number of carbonyl (C=O) groups is 1. The first-order valence-electron chi connectivity index (χ1n) is 5.88. The minimum atomic E-state index is -0.995. The van der Waals surface area contributed by atoms with Gasteiger partial charge < -0.3 is 5.11 Å². The molecule has 4 nitrogen and oxygen atoms in total. The van der Waals surface area contributed by atoms with Crippen LogP contribution in [-0.4, -0.2) is 21.0 Å². The molecule has 0 amide bonds. The van der Waals surface area contributed by atoms with Crippen molar-refractivity contribution < 1.29 is 9.90 Å². The van der Waals surface area contributed by atoms with Gasteiger partial charge in [0.15, 0.2) is 0 Å². The summed E-state index contributed by atoms with van der Waals surface area (Å²) in [6.07, 6.45) is 3.20. The number of rotatable bonds is 3. The summed E-state index contributed by atoms with van der Waals surface area (Å²) in [6, 6.07) is 8.89. The fourth-order valence-electron chi connectivity index (χ4n) is 1.88. The van der Waals surface area contributed by atoms with E-state index in [1.54, 1.807) is 30.5 Å². The van der Waals surface area contributed by atoms with Gasteiger partial charge in [0.2, 0.25) is 0 Å². The Morgan fingerprint density at radius 3 is 2.42 bits per heavy atom. The Morgan fingerprint density at radius 1 is 1.21 bits per heavy atom. The number of carboxylic acid groups (broad SMARTS) is 1. The predicted molar refractivity (Wildman–Crippen MR) is 73.5 cm³/mol. The van der Waals surface area contributed by atoms with E-state index in [0.29, 0.717) is 5.69 Å². The summed E-state index contributed by atoms with van der Waals surface area (Å²) in [5, 5.41) is 9.30. The molecule has 4 heteroatoms. The average Bonchev–Trinajstić information content (AvgIpc) is 2.35. The van der Waals surface area contributed by atoms with E-state index in [2.05, 4.69) is 9.97 Å². The second-order valence-corrected chi connectivity index (χ2v) is 4.26. The molecule has 0 aliphatic carbocycles. The first-order chi connectivity index (χ1) is 9.06. The quantitative estimate of drug-likeness (QED) is 0.855. The minimum absolute atomic E-state index is 0.172. The van der Waals surface area contributed by atoms with Crippen molar-refractivity contribution in [2.45, 2.75) is 13.8 Å². The molecule has 0 aliphatic rings. The fraction of sp³-hybridized carbons (Fsp3) is 0.133. The number of hydrogen-bond acceptors (Lipinski definition) is 3. The smallest absolute Gasteiger partial charge is 0.337 e. The van der Waals surface area contributed by atoms with Crippen molar-refractivity contribution in [1.29, 1.82) is 0 Å². The van der Waals surface area contributed by atoms with Crippen LogP contribution in [0.1, 0.15) is 22.6 Å². The van der Waals surface area contributed by atoms with Crippen LogP contribution in [0.25, 0.3) is 11.6 Å². The van der Waals surface area contributed by atoms with Crippen molar-refractivity contribution in [2.24, 2.45) is 0 Å². The van der Waals surface area contributed by atoms with E-state index >= 15 is 0 Å². The van der Waals surface area contributed by atoms with Gasteiger partial charge in [-0.1, -0.05) is 6.07 Å². The molecule has 0 spiro atoms. The number of hydrogen-bond donors (Lipinski definition) is 1. The molecule has 0 bridgehead atoms. The van der Waals surface area contributed by atoms with Gasteiger partial charge in [0.1, 0.15) is 0 Å². The Balaban J connectivity index is 2.50. The van der Waals surface area contributed by atoms with Gasteiger partial charge in [-0.2, -0.15) is 0 Å². The normalized spacial score (nSPS) is 11.4. The lowest BCUT2D eigenvalue weighted by atomic mass is 10.1. The molecule has 2 rings (SSSR count). The van der Waals surface area contributed by atoms with Gasteiger partial charge in [-0.3, -0.25) is 9.97 Å². The molecule has 0 aromatic carbocycles. The predicted octanol–water partition coefficient (Wildman–Crippen LogP) is 2.72. The second kappa shape index (κ2) is 5.44. The van der Waals surface area contributed by atoms with Crippen molar-refractivity contribution in [3.63, 3.8) is 0 Å². The number of aryl methyl sites for hydroxylation is 2. The van der Waals surface area contributed by atoms with Gasteiger partial charge in [0, 0.05) is 17.6 Å². The van der Waals surface area contributed by atoms with Crippen LogP contribution in [0.2, 0.25) is 0 Å². The van der Waals surface area contributed by atoms with Crippen LogP contribution < -0.4 is 0 Å². The first-order valence-corrected chi connectivity index (χ1v) is 5.88. The molecule has 0 unspecified atom stereocenters. The van der Waals surface area contributed by atoms with Gasteiger partial charge >= 0.3 is 5.97 Å². The third-order valence-electron chi connectivity index (χ3n) is 2.59. The van der Waals surface area contributed by atoms with Crippen LogP contribution in [0, 0.1) is 13.8 Å². The van der Waals surface area contributed by atoms with Crippen LogP contribution in [0.4, 0.5) is 0 Å². The molecule has 2 heterocycles. The summed E-state index contributed by atoms with van der Waals surface area (Å²) in [7, 11) is 0. The third kappa shape index (κ3) is 3.25. The Hall–Kier alpha value is -2.49. The topological polar surface area (TPSA) is 63.1 Å². The molecule has 0 aliphatic heterocycles. The Morgan fingerprint density at radius 2 is 1.89 bits per heavy atom. The first kappa shape index (κ1) is 13.0. The number of aromatic nitrogens is 2. The molecule has 0 fully saturated rings. The number of aliphatic carboxylic acids is 1. The van der Waals surface area contributed by atoms with Crippen LogP contribution in [0.5, 0.6) is 0 Å². The monoisotopic (exact) mass is 254 g/mol. The van der Waals surface area contributed by atoms with Crippen LogP contribution >= 0.6 is 0 Å². The largest absolute Gasteiger partial charge is 0.478 e. The van der Waals surface area contributed by atoms with E-state index in [4.69, 9.17) is 0 Å². The maximum absolute atomic E-state index is 11.4. The highest BCUT2D eigenvalue weighted by Crippen LogP contribution is 2.17. The van der Waals surface area contributed by atoms with E-state index in [1.165, 1.54) is 0 Å². The molecule has 0 saturated carbocycles. The fourth-order valence-corrected chi connectivity index (χ4v) is 1.88. The Kier molecular flexibility index (Phi) is 3.71.